The fourth-order valence-corrected chi connectivity index (χ4v) is 1.18. The number of nitrogens with zero attached hydrogens (tertiary/aromatic N) is 1. The van der Waals surface area contributed by atoms with Crippen molar-refractivity contribution in [2.75, 3.05) is 19.8 Å². The quantitative estimate of drug-likeness (QED) is 0.423. The minimum absolute atomic E-state index is 0.0296. The molecule has 1 unspecified atom stereocenters. The molecule has 1 rings (SSSR count). The largest absolute Gasteiger partial charge is 0.491 e. The Bertz CT molecular complexity index is 459. The van der Waals surface area contributed by atoms with Crippen LogP contribution >= 0.6 is 0 Å². The van der Waals surface area contributed by atoms with Gasteiger partial charge in [0.05, 0.1) is 18.2 Å². The molecule has 0 saturated carbocycles. The first-order valence-corrected chi connectivity index (χ1v) is 5.56. The zero-order valence-corrected chi connectivity index (χ0v) is 10.2. The molecule has 7 nitrogen and oxygen atoms in total. The summed E-state index contributed by atoms with van der Waals surface area (Å²) in [6, 6.07) is 8.59. The number of primary amides is 1. The number of ether oxygens (including phenoxy) is 1. The zero-order valence-electron chi connectivity index (χ0n) is 10.2. The molecule has 0 saturated heterocycles. The first kappa shape index (κ1) is 14.9. The van der Waals surface area contributed by atoms with E-state index in [1.807, 2.05) is 6.07 Å². The normalized spacial score (nSPS) is 11.6. The molecule has 0 bridgehead atoms. The lowest BCUT2D eigenvalue weighted by atomic mass is 10.2. The minimum atomic E-state index is -0.821. The van der Waals surface area contributed by atoms with Crippen molar-refractivity contribution in [2.24, 2.45) is 5.73 Å². The fraction of sp³-hybridized carbons (Fsp3) is 0.333. The van der Waals surface area contributed by atoms with E-state index >= 15 is 0 Å². The standard InChI is InChI=1S/C12H15N3O4/c13-5-9-2-1-3-11(4-9)18-7-10(16)6-15-19-8-12(14)17/h1-4,10,15-16H,6-8H2,(H2,14,17). The molecule has 0 spiro atoms. The summed E-state index contributed by atoms with van der Waals surface area (Å²) in [6.07, 6.45) is -0.821. The summed E-state index contributed by atoms with van der Waals surface area (Å²) in [5, 5.41) is 18.3. The first-order valence-electron chi connectivity index (χ1n) is 5.56. The Morgan fingerprint density at radius 2 is 2.37 bits per heavy atom. The van der Waals surface area contributed by atoms with Crippen LogP contribution in [0.25, 0.3) is 0 Å². The van der Waals surface area contributed by atoms with E-state index in [0.29, 0.717) is 11.3 Å². The van der Waals surface area contributed by atoms with Gasteiger partial charge in [-0.1, -0.05) is 6.07 Å². The van der Waals surface area contributed by atoms with E-state index in [9.17, 15) is 9.90 Å². The van der Waals surface area contributed by atoms with E-state index in [2.05, 4.69) is 10.3 Å². The number of amides is 1. The Balaban J connectivity index is 2.24. The van der Waals surface area contributed by atoms with E-state index in [1.165, 1.54) is 0 Å². The van der Waals surface area contributed by atoms with Crippen molar-refractivity contribution in [1.82, 2.24) is 5.48 Å². The van der Waals surface area contributed by atoms with Crippen LogP contribution in [-0.4, -0.2) is 36.9 Å². The SMILES string of the molecule is N#Cc1cccc(OCC(O)CNOCC(N)=O)c1. The molecule has 0 aliphatic rings. The van der Waals surface area contributed by atoms with Gasteiger partial charge in [-0.2, -0.15) is 10.7 Å². The fourth-order valence-electron chi connectivity index (χ4n) is 1.18. The van der Waals surface area contributed by atoms with E-state index in [0.717, 1.165) is 0 Å². The third kappa shape index (κ3) is 6.38. The van der Waals surface area contributed by atoms with Crippen LogP contribution in [0.5, 0.6) is 5.75 Å². The maximum absolute atomic E-state index is 10.4. The van der Waals surface area contributed by atoms with Crippen LogP contribution < -0.4 is 16.0 Å². The van der Waals surface area contributed by atoms with Crippen molar-refractivity contribution in [1.29, 1.82) is 5.26 Å². The Morgan fingerprint density at radius 3 is 3.05 bits per heavy atom. The molecule has 1 aromatic carbocycles. The van der Waals surface area contributed by atoms with Crippen molar-refractivity contribution in [3.05, 3.63) is 29.8 Å². The van der Waals surface area contributed by atoms with Crippen LogP contribution in [0.2, 0.25) is 0 Å². The number of carbonyl (C=O) groups is 1. The van der Waals surface area contributed by atoms with Crippen molar-refractivity contribution in [3.8, 4) is 11.8 Å². The van der Waals surface area contributed by atoms with Gasteiger partial charge in [-0.3, -0.25) is 9.63 Å². The summed E-state index contributed by atoms with van der Waals surface area (Å²) in [4.78, 5) is 15.0. The second-order valence-electron chi connectivity index (χ2n) is 3.71. The maximum atomic E-state index is 10.4. The molecule has 1 atom stereocenters. The summed E-state index contributed by atoms with van der Waals surface area (Å²) in [5.74, 6) is -0.109. The molecular formula is C12H15N3O4. The van der Waals surface area contributed by atoms with Crippen molar-refractivity contribution in [3.63, 3.8) is 0 Å². The maximum Gasteiger partial charge on any atom is 0.245 e. The summed E-state index contributed by atoms with van der Waals surface area (Å²) >= 11 is 0. The molecule has 0 aliphatic carbocycles. The zero-order chi connectivity index (χ0) is 14.1. The highest BCUT2D eigenvalue weighted by atomic mass is 16.6. The second kappa shape index (κ2) is 8.05. The van der Waals surface area contributed by atoms with Crippen LogP contribution in [0.4, 0.5) is 0 Å². The molecule has 0 aliphatic heterocycles. The molecule has 4 N–H and O–H groups in total. The van der Waals surface area contributed by atoms with Gasteiger partial charge in [0.25, 0.3) is 0 Å². The number of hydrogen-bond acceptors (Lipinski definition) is 6. The highest BCUT2D eigenvalue weighted by Gasteiger charge is 2.06. The average Bonchev–Trinajstić information content (AvgIpc) is 2.41. The van der Waals surface area contributed by atoms with Gasteiger partial charge >= 0.3 is 0 Å². The molecule has 0 fully saturated rings. The number of nitrogens with one attached hydrogen (secondary N) is 1. The summed E-state index contributed by atoms with van der Waals surface area (Å²) in [5.41, 5.74) is 7.73. The summed E-state index contributed by atoms with van der Waals surface area (Å²) < 4.78 is 5.30. The van der Waals surface area contributed by atoms with Gasteiger partial charge < -0.3 is 15.6 Å². The number of nitriles is 1. The monoisotopic (exact) mass is 265 g/mol. The van der Waals surface area contributed by atoms with E-state index in [1.54, 1.807) is 24.3 Å². The Labute approximate surface area is 110 Å². The number of hydroxylamine groups is 1. The summed E-state index contributed by atoms with van der Waals surface area (Å²) in [7, 11) is 0. The molecule has 102 valence electrons. The van der Waals surface area contributed by atoms with Crippen LogP contribution in [0, 0.1) is 11.3 Å². The van der Waals surface area contributed by atoms with Crippen molar-refractivity contribution >= 4 is 5.91 Å². The predicted octanol–water partition coefficient (Wildman–Crippen LogP) is -0.696. The second-order valence-corrected chi connectivity index (χ2v) is 3.71. The number of aliphatic hydroxyl groups excluding tert-OH is 1. The average molecular weight is 265 g/mol. The van der Waals surface area contributed by atoms with Crippen LogP contribution in [0.15, 0.2) is 24.3 Å². The lowest BCUT2D eigenvalue weighted by Crippen LogP contribution is -2.33. The molecule has 19 heavy (non-hydrogen) atoms. The number of carbonyl (C=O) groups excluding carboxylic acids is 1. The van der Waals surface area contributed by atoms with Gasteiger partial charge in [0.15, 0.2) is 0 Å². The van der Waals surface area contributed by atoms with Gasteiger partial charge in [0.2, 0.25) is 5.91 Å². The van der Waals surface area contributed by atoms with Gasteiger partial charge in [0.1, 0.15) is 25.1 Å². The molecule has 0 aromatic heterocycles. The van der Waals surface area contributed by atoms with Gasteiger partial charge in [0, 0.05) is 0 Å². The van der Waals surface area contributed by atoms with Crippen molar-refractivity contribution < 1.29 is 19.5 Å². The number of rotatable bonds is 8. The molecule has 0 radical (unpaired) electrons. The highest BCUT2D eigenvalue weighted by Crippen LogP contribution is 2.12. The lowest BCUT2D eigenvalue weighted by molar-refractivity contribution is -0.125. The third-order valence-electron chi connectivity index (χ3n) is 2.04. The Hall–Kier alpha value is -2.14. The van der Waals surface area contributed by atoms with Gasteiger partial charge in [-0.15, -0.1) is 0 Å². The van der Waals surface area contributed by atoms with E-state index in [4.69, 9.17) is 15.7 Å². The van der Waals surface area contributed by atoms with Crippen molar-refractivity contribution in [2.45, 2.75) is 6.10 Å². The van der Waals surface area contributed by atoms with E-state index in [-0.39, 0.29) is 19.8 Å². The first-order chi connectivity index (χ1) is 9.11. The molecule has 1 aromatic rings. The van der Waals surface area contributed by atoms with Crippen LogP contribution in [0.3, 0.4) is 0 Å². The predicted molar refractivity (Wildman–Crippen MR) is 65.8 cm³/mol. The van der Waals surface area contributed by atoms with E-state index < -0.39 is 12.0 Å². The third-order valence-corrected chi connectivity index (χ3v) is 2.04. The highest BCUT2D eigenvalue weighted by molar-refractivity contribution is 5.74. The number of aliphatic hydroxyl groups is 1. The number of nitrogens with two attached hydrogens (primary N) is 1. The van der Waals surface area contributed by atoms with Gasteiger partial charge in [-0.25, -0.2) is 0 Å². The molecule has 7 heteroatoms. The molecular weight excluding hydrogens is 250 g/mol. The van der Waals surface area contributed by atoms with Gasteiger partial charge in [-0.05, 0) is 18.2 Å². The number of hydrogen-bond donors (Lipinski definition) is 3. The summed E-state index contributed by atoms with van der Waals surface area (Å²) in [6.45, 7) is -0.148. The Morgan fingerprint density at radius 1 is 1.58 bits per heavy atom. The Kier molecular flexibility index (Phi) is 6.32. The van der Waals surface area contributed by atoms with Crippen LogP contribution in [-0.2, 0) is 9.63 Å². The number of benzene rings is 1. The van der Waals surface area contributed by atoms with Crippen LogP contribution in [0.1, 0.15) is 5.56 Å². The molecule has 1 amide bonds. The smallest absolute Gasteiger partial charge is 0.245 e. The topological polar surface area (TPSA) is 118 Å². The molecule has 0 heterocycles. The lowest BCUT2D eigenvalue weighted by Gasteiger charge is -2.12. The minimum Gasteiger partial charge on any atom is -0.491 e.